The molecular weight excluding hydrogens is 172 g/mol. The van der Waals surface area contributed by atoms with E-state index in [2.05, 4.69) is 23.2 Å². The van der Waals surface area contributed by atoms with Crippen molar-refractivity contribution < 1.29 is 4.21 Å². The molecule has 0 N–H and O–H groups in total. The zero-order chi connectivity index (χ0) is 9.14. The normalized spacial score (nSPS) is 30.4. The van der Waals surface area contributed by atoms with Crippen molar-refractivity contribution in [1.82, 2.24) is 9.21 Å². The zero-order valence-corrected chi connectivity index (χ0v) is 8.93. The molecule has 1 aliphatic heterocycles. The van der Waals surface area contributed by atoms with Gasteiger partial charge in [0.1, 0.15) is 0 Å². The summed E-state index contributed by atoms with van der Waals surface area (Å²) in [5.74, 6) is 0. The third kappa shape index (κ3) is 2.28. The Kier molecular flexibility index (Phi) is 3.68. The Morgan fingerprint density at radius 3 is 2.67 bits per heavy atom. The predicted molar refractivity (Wildman–Crippen MR) is 52.3 cm³/mol. The lowest BCUT2D eigenvalue weighted by Gasteiger charge is -2.37. The Balaban J connectivity index is 2.56. The highest BCUT2D eigenvalue weighted by Gasteiger charge is 2.25. The van der Waals surface area contributed by atoms with Gasteiger partial charge in [-0.1, -0.05) is 6.92 Å². The highest BCUT2D eigenvalue weighted by atomic mass is 32.2. The van der Waals surface area contributed by atoms with Crippen LogP contribution in [0.2, 0.25) is 0 Å². The summed E-state index contributed by atoms with van der Waals surface area (Å²) in [5, 5.41) is 0. The van der Waals surface area contributed by atoms with Gasteiger partial charge in [-0.2, -0.15) is 0 Å². The predicted octanol–water partition coefficient (Wildman–Crippen LogP) is 0.306. The van der Waals surface area contributed by atoms with E-state index in [9.17, 15) is 4.21 Å². The largest absolute Gasteiger partial charge is 0.303 e. The molecule has 1 rings (SSSR count). The first-order valence-electron chi connectivity index (χ1n) is 4.44. The van der Waals surface area contributed by atoms with Crippen LogP contribution in [0.25, 0.3) is 0 Å². The second kappa shape index (κ2) is 4.35. The molecular formula is C8H18N2OS. The molecule has 0 aromatic heterocycles. The molecule has 0 saturated carbocycles. The van der Waals surface area contributed by atoms with Crippen LogP contribution in [0.4, 0.5) is 0 Å². The zero-order valence-electron chi connectivity index (χ0n) is 8.12. The van der Waals surface area contributed by atoms with Crippen molar-refractivity contribution in [2.24, 2.45) is 0 Å². The van der Waals surface area contributed by atoms with E-state index >= 15 is 0 Å². The molecule has 1 heterocycles. The van der Waals surface area contributed by atoms with E-state index in [0.717, 1.165) is 26.1 Å². The summed E-state index contributed by atoms with van der Waals surface area (Å²) >= 11 is 0. The maximum Gasteiger partial charge on any atom is 0.0914 e. The lowest BCUT2D eigenvalue weighted by Crippen LogP contribution is -2.51. The number of hydrogen-bond donors (Lipinski definition) is 0. The van der Waals surface area contributed by atoms with E-state index in [0.29, 0.717) is 6.04 Å². The van der Waals surface area contributed by atoms with Crippen LogP contribution < -0.4 is 0 Å². The number of hydrogen-bond acceptors (Lipinski definition) is 2. The van der Waals surface area contributed by atoms with Crippen molar-refractivity contribution in [1.29, 1.82) is 0 Å². The van der Waals surface area contributed by atoms with Gasteiger partial charge in [-0.3, -0.25) is 0 Å². The summed E-state index contributed by atoms with van der Waals surface area (Å²) in [6, 6.07) is 0.481. The van der Waals surface area contributed by atoms with Gasteiger partial charge < -0.3 is 4.90 Å². The summed E-state index contributed by atoms with van der Waals surface area (Å²) in [5.41, 5.74) is 0. The van der Waals surface area contributed by atoms with Gasteiger partial charge in [0, 0.05) is 31.9 Å². The minimum absolute atomic E-state index is 0.481. The van der Waals surface area contributed by atoms with Crippen molar-refractivity contribution in [2.75, 3.05) is 32.9 Å². The number of piperazine rings is 1. The van der Waals surface area contributed by atoms with Crippen molar-refractivity contribution in [3.63, 3.8) is 0 Å². The first kappa shape index (κ1) is 10.2. The molecule has 1 saturated heterocycles. The van der Waals surface area contributed by atoms with Gasteiger partial charge in [-0.15, -0.1) is 0 Å². The number of rotatable bonds is 2. The van der Waals surface area contributed by atoms with Gasteiger partial charge in [0.15, 0.2) is 0 Å². The minimum Gasteiger partial charge on any atom is -0.303 e. The Bertz CT molecular complexity index is 174. The Morgan fingerprint density at radius 1 is 1.50 bits per heavy atom. The van der Waals surface area contributed by atoms with Gasteiger partial charge in [0.2, 0.25) is 0 Å². The monoisotopic (exact) mass is 190 g/mol. The van der Waals surface area contributed by atoms with Gasteiger partial charge >= 0.3 is 0 Å². The quantitative estimate of drug-likeness (QED) is 0.625. The topological polar surface area (TPSA) is 23.6 Å². The van der Waals surface area contributed by atoms with Gasteiger partial charge in [0.05, 0.1) is 11.0 Å². The molecule has 1 aliphatic rings. The molecule has 12 heavy (non-hydrogen) atoms. The fourth-order valence-corrected chi connectivity index (χ4v) is 2.64. The highest BCUT2D eigenvalue weighted by molar-refractivity contribution is 7.81. The molecule has 72 valence electrons. The molecule has 1 fully saturated rings. The smallest absolute Gasteiger partial charge is 0.0914 e. The molecule has 0 radical (unpaired) electrons. The van der Waals surface area contributed by atoms with Crippen LogP contribution in [0.1, 0.15) is 13.3 Å². The second-order valence-corrected chi connectivity index (χ2v) is 4.71. The van der Waals surface area contributed by atoms with Crippen LogP contribution in [-0.4, -0.2) is 52.4 Å². The molecule has 0 aromatic rings. The standard InChI is InChI=1S/C8H18N2OS/c1-4-8-7-9(2)5-6-10(8)12(3)11/h8H,4-7H2,1-3H3. The molecule has 0 spiro atoms. The molecule has 4 heteroatoms. The maximum atomic E-state index is 11.3. The Morgan fingerprint density at radius 2 is 2.17 bits per heavy atom. The van der Waals surface area contributed by atoms with Crippen LogP contribution >= 0.6 is 0 Å². The summed E-state index contributed by atoms with van der Waals surface area (Å²) in [7, 11) is 1.33. The van der Waals surface area contributed by atoms with Gasteiger partial charge in [0.25, 0.3) is 0 Å². The van der Waals surface area contributed by atoms with Gasteiger partial charge in [-0.05, 0) is 13.5 Å². The van der Waals surface area contributed by atoms with Crippen LogP contribution in [0.15, 0.2) is 0 Å². The lowest BCUT2D eigenvalue weighted by atomic mass is 10.2. The third-order valence-electron chi connectivity index (χ3n) is 2.43. The van der Waals surface area contributed by atoms with Crippen molar-refractivity contribution in [3.05, 3.63) is 0 Å². The fraction of sp³-hybridized carbons (Fsp3) is 1.00. The molecule has 0 bridgehead atoms. The van der Waals surface area contributed by atoms with Gasteiger partial charge in [-0.25, -0.2) is 8.51 Å². The second-order valence-electron chi connectivity index (χ2n) is 3.39. The fourth-order valence-electron chi connectivity index (χ4n) is 1.67. The molecule has 0 aromatic carbocycles. The van der Waals surface area contributed by atoms with E-state index in [-0.39, 0.29) is 0 Å². The first-order chi connectivity index (χ1) is 5.65. The van der Waals surface area contributed by atoms with Crippen molar-refractivity contribution in [3.8, 4) is 0 Å². The average molecular weight is 190 g/mol. The number of likely N-dealkylation sites (N-methyl/N-ethyl adjacent to an activating group) is 1. The highest BCUT2D eigenvalue weighted by Crippen LogP contribution is 2.12. The lowest BCUT2D eigenvalue weighted by molar-refractivity contribution is 0.162. The third-order valence-corrected chi connectivity index (χ3v) is 3.57. The molecule has 2 unspecified atom stereocenters. The van der Waals surface area contributed by atoms with E-state index in [1.807, 2.05) is 0 Å². The first-order valence-corrected chi connectivity index (χ1v) is 5.95. The molecule has 3 nitrogen and oxygen atoms in total. The summed E-state index contributed by atoms with van der Waals surface area (Å²) in [6.45, 7) is 5.19. The van der Waals surface area contributed by atoms with Crippen LogP contribution in [0.3, 0.4) is 0 Å². The maximum absolute atomic E-state index is 11.3. The van der Waals surface area contributed by atoms with E-state index in [4.69, 9.17) is 0 Å². The van der Waals surface area contributed by atoms with Crippen LogP contribution in [-0.2, 0) is 11.0 Å². The SMILES string of the molecule is CCC1CN(C)CCN1S(C)=O. The summed E-state index contributed by atoms with van der Waals surface area (Å²) in [6.07, 6.45) is 2.86. The van der Waals surface area contributed by atoms with Crippen molar-refractivity contribution in [2.45, 2.75) is 19.4 Å². The average Bonchev–Trinajstić information content (AvgIpc) is 2.03. The Labute approximate surface area is 77.3 Å². The molecule has 0 aliphatic carbocycles. The van der Waals surface area contributed by atoms with E-state index < -0.39 is 11.0 Å². The van der Waals surface area contributed by atoms with E-state index in [1.165, 1.54) is 0 Å². The summed E-state index contributed by atoms with van der Waals surface area (Å²) in [4.78, 5) is 2.30. The molecule has 0 amide bonds. The number of nitrogens with zero attached hydrogens (tertiary/aromatic N) is 2. The molecule has 2 atom stereocenters. The minimum atomic E-state index is -0.790. The summed E-state index contributed by atoms with van der Waals surface area (Å²) < 4.78 is 13.4. The van der Waals surface area contributed by atoms with Crippen LogP contribution in [0.5, 0.6) is 0 Å². The Hall–Kier alpha value is 0.0700. The van der Waals surface area contributed by atoms with Crippen molar-refractivity contribution >= 4 is 11.0 Å². The van der Waals surface area contributed by atoms with Crippen LogP contribution in [0, 0.1) is 0 Å². The van der Waals surface area contributed by atoms with E-state index in [1.54, 1.807) is 6.26 Å².